The molecule has 2 aliphatic heterocycles. The van der Waals surface area contributed by atoms with Crippen molar-refractivity contribution in [3.8, 4) is 0 Å². The zero-order chi connectivity index (χ0) is 16.4. The minimum absolute atomic E-state index is 0.172. The van der Waals surface area contributed by atoms with E-state index in [2.05, 4.69) is 22.0 Å². The number of piperazine rings is 1. The summed E-state index contributed by atoms with van der Waals surface area (Å²) in [7, 11) is 0. The lowest BCUT2D eigenvalue weighted by Crippen LogP contribution is -2.53. The van der Waals surface area contributed by atoms with Gasteiger partial charge in [0.15, 0.2) is 0 Å². The number of hydrogen-bond donors (Lipinski definition) is 1. The maximum atomic E-state index is 12.0. The van der Waals surface area contributed by atoms with Crippen LogP contribution in [0, 0.1) is 11.8 Å². The summed E-state index contributed by atoms with van der Waals surface area (Å²) < 4.78 is 0. The van der Waals surface area contributed by atoms with Crippen LogP contribution in [0.5, 0.6) is 0 Å². The van der Waals surface area contributed by atoms with Crippen LogP contribution in [0.15, 0.2) is 0 Å². The first-order valence-electron chi connectivity index (χ1n) is 9.01. The van der Waals surface area contributed by atoms with Crippen LogP contribution in [-0.4, -0.2) is 84.9 Å². The number of rotatable bonds is 5. The van der Waals surface area contributed by atoms with E-state index in [-0.39, 0.29) is 11.8 Å². The van der Waals surface area contributed by atoms with Crippen molar-refractivity contribution in [1.82, 2.24) is 20.0 Å². The van der Waals surface area contributed by atoms with Crippen molar-refractivity contribution < 1.29 is 9.59 Å². The van der Waals surface area contributed by atoms with Crippen molar-refractivity contribution >= 4 is 11.8 Å². The molecule has 6 nitrogen and oxygen atoms in total. The second-order valence-corrected chi connectivity index (χ2v) is 7.53. The number of likely N-dealkylation sites (tertiary alicyclic amines) is 1. The Bertz CT molecular complexity index is 444. The Morgan fingerprint density at radius 1 is 1.09 bits per heavy atom. The van der Waals surface area contributed by atoms with Crippen LogP contribution in [0.25, 0.3) is 0 Å². The Morgan fingerprint density at radius 2 is 1.78 bits per heavy atom. The highest BCUT2D eigenvalue weighted by Gasteiger charge is 2.36. The second-order valence-electron chi connectivity index (χ2n) is 7.53. The topological polar surface area (TPSA) is 55.9 Å². The summed E-state index contributed by atoms with van der Waals surface area (Å²) in [4.78, 5) is 30.2. The number of hydrogen-bond acceptors (Lipinski definition) is 4. The quantitative estimate of drug-likeness (QED) is 0.774. The predicted octanol–water partition coefficient (Wildman–Crippen LogP) is -0.00300. The average molecular weight is 322 g/mol. The van der Waals surface area contributed by atoms with E-state index in [0.717, 1.165) is 51.7 Å². The fourth-order valence-electron chi connectivity index (χ4n) is 3.86. The molecule has 0 aromatic heterocycles. The van der Waals surface area contributed by atoms with Crippen LogP contribution >= 0.6 is 0 Å². The molecule has 3 rings (SSSR count). The van der Waals surface area contributed by atoms with Gasteiger partial charge in [-0.1, -0.05) is 6.92 Å². The van der Waals surface area contributed by atoms with Gasteiger partial charge in [0.25, 0.3) is 0 Å². The van der Waals surface area contributed by atoms with Crippen LogP contribution in [-0.2, 0) is 9.59 Å². The molecule has 130 valence electrons. The number of nitrogens with zero attached hydrogens (tertiary/aromatic N) is 3. The van der Waals surface area contributed by atoms with Gasteiger partial charge in [-0.2, -0.15) is 0 Å². The Morgan fingerprint density at radius 3 is 2.39 bits per heavy atom. The van der Waals surface area contributed by atoms with Crippen molar-refractivity contribution in [2.75, 3.05) is 52.4 Å². The third-order valence-electron chi connectivity index (χ3n) is 5.53. The lowest BCUT2D eigenvalue weighted by molar-refractivity contribution is -0.131. The first-order valence-corrected chi connectivity index (χ1v) is 9.01. The molecule has 0 radical (unpaired) electrons. The van der Waals surface area contributed by atoms with Crippen molar-refractivity contribution in [2.45, 2.75) is 32.7 Å². The summed E-state index contributed by atoms with van der Waals surface area (Å²) in [5.74, 6) is 1.67. The molecule has 2 saturated heterocycles. The molecular formula is C17H30N4O2. The molecule has 6 heteroatoms. The van der Waals surface area contributed by atoms with Crippen LogP contribution in [0.1, 0.15) is 26.7 Å². The zero-order valence-corrected chi connectivity index (χ0v) is 14.5. The molecule has 2 heterocycles. The summed E-state index contributed by atoms with van der Waals surface area (Å²) in [6.07, 6.45) is 2.55. The fraction of sp³-hybridized carbons (Fsp3) is 0.882. The third-order valence-corrected chi connectivity index (χ3v) is 5.53. The number of nitrogens with one attached hydrogen (secondary N) is 1. The fourth-order valence-corrected chi connectivity index (χ4v) is 3.86. The molecule has 3 fully saturated rings. The van der Waals surface area contributed by atoms with E-state index in [0.29, 0.717) is 18.5 Å². The van der Waals surface area contributed by atoms with E-state index in [1.165, 1.54) is 12.8 Å². The van der Waals surface area contributed by atoms with Crippen molar-refractivity contribution in [2.24, 2.45) is 11.8 Å². The lowest BCUT2D eigenvalue weighted by atomic mass is 10.0. The highest BCUT2D eigenvalue weighted by atomic mass is 16.2. The lowest BCUT2D eigenvalue weighted by Gasteiger charge is -2.39. The molecule has 0 aromatic rings. The molecule has 1 aliphatic carbocycles. The smallest absolute Gasteiger partial charge is 0.234 e. The van der Waals surface area contributed by atoms with Crippen LogP contribution in [0.3, 0.4) is 0 Å². The van der Waals surface area contributed by atoms with Gasteiger partial charge in [0.05, 0.1) is 6.54 Å². The largest absolute Gasteiger partial charge is 0.355 e. The molecule has 3 aliphatic rings. The van der Waals surface area contributed by atoms with Gasteiger partial charge in [-0.05, 0) is 24.7 Å². The van der Waals surface area contributed by atoms with Gasteiger partial charge in [0.2, 0.25) is 11.8 Å². The Hall–Kier alpha value is -1.14. The highest BCUT2D eigenvalue weighted by Crippen LogP contribution is 2.27. The highest BCUT2D eigenvalue weighted by molar-refractivity contribution is 5.78. The van der Waals surface area contributed by atoms with Crippen molar-refractivity contribution in [1.29, 1.82) is 0 Å². The Labute approximate surface area is 139 Å². The van der Waals surface area contributed by atoms with Gasteiger partial charge in [-0.3, -0.25) is 19.4 Å². The maximum absolute atomic E-state index is 12.0. The molecule has 0 bridgehead atoms. The first-order chi connectivity index (χ1) is 11.0. The average Bonchev–Trinajstić information content (AvgIpc) is 3.28. The van der Waals surface area contributed by atoms with E-state index in [4.69, 9.17) is 0 Å². The van der Waals surface area contributed by atoms with E-state index < -0.39 is 0 Å². The SMILES string of the molecule is CC(=O)N1CCN([C@H]2CN(CC(=O)NCC3CC3)C[C@H]2C)CC1. The Kier molecular flexibility index (Phi) is 5.21. The van der Waals surface area contributed by atoms with Crippen molar-refractivity contribution in [3.63, 3.8) is 0 Å². The number of amides is 2. The summed E-state index contributed by atoms with van der Waals surface area (Å²) in [6, 6.07) is 0.514. The molecule has 0 aromatic carbocycles. The molecule has 0 spiro atoms. The maximum Gasteiger partial charge on any atom is 0.234 e. The molecule has 23 heavy (non-hydrogen) atoms. The van der Waals surface area contributed by atoms with E-state index in [9.17, 15) is 9.59 Å². The van der Waals surface area contributed by atoms with Gasteiger partial charge in [0.1, 0.15) is 0 Å². The summed E-state index contributed by atoms with van der Waals surface area (Å²) >= 11 is 0. The first kappa shape index (κ1) is 16.7. The monoisotopic (exact) mass is 322 g/mol. The third kappa shape index (κ3) is 4.44. The molecular weight excluding hydrogens is 292 g/mol. The molecule has 2 amide bonds. The summed E-state index contributed by atoms with van der Waals surface area (Å²) in [5, 5.41) is 3.06. The van der Waals surface area contributed by atoms with Gasteiger partial charge < -0.3 is 10.2 Å². The number of carbonyl (C=O) groups excluding carboxylic acids is 2. The van der Waals surface area contributed by atoms with Crippen molar-refractivity contribution in [3.05, 3.63) is 0 Å². The van der Waals surface area contributed by atoms with E-state index in [1.54, 1.807) is 6.92 Å². The Balaban J connectivity index is 1.42. The normalized spacial score (nSPS) is 29.7. The minimum Gasteiger partial charge on any atom is -0.355 e. The molecule has 1 saturated carbocycles. The van der Waals surface area contributed by atoms with Crippen LogP contribution in [0.4, 0.5) is 0 Å². The molecule has 0 unspecified atom stereocenters. The van der Waals surface area contributed by atoms with Gasteiger partial charge >= 0.3 is 0 Å². The standard InChI is InChI=1S/C17H30N4O2/c1-13-10-19(12-17(23)18-9-15-3-4-15)11-16(13)21-7-5-20(6-8-21)14(2)22/h13,15-16H,3-12H2,1-2H3,(H,18,23)/t13-,16+/m1/s1. The van der Waals surface area contributed by atoms with E-state index >= 15 is 0 Å². The second kappa shape index (κ2) is 7.18. The minimum atomic E-state index is 0.172. The van der Waals surface area contributed by atoms with Crippen LogP contribution < -0.4 is 5.32 Å². The van der Waals surface area contributed by atoms with Gasteiger partial charge in [-0.25, -0.2) is 0 Å². The van der Waals surface area contributed by atoms with E-state index in [1.807, 2.05) is 4.90 Å². The van der Waals surface area contributed by atoms with Gasteiger partial charge in [0, 0.05) is 58.8 Å². The van der Waals surface area contributed by atoms with Gasteiger partial charge in [-0.15, -0.1) is 0 Å². The zero-order valence-electron chi connectivity index (χ0n) is 14.5. The molecule has 2 atom stereocenters. The van der Waals surface area contributed by atoms with Crippen LogP contribution in [0.2, 0.25) is 0 Å². The number of carbonyl (C=O) groups is 2. The molecule has 1 N–H and O–H groups in total. The summed E-state index contributed by atoms with van der Waals surface area (Å²) in [6.45, 7) is 10.9. The summed E-state index contributed by atoms with van der Waals surface area (Å²) in [5.41, 5.74) is 0. The predicted molar refractivity (Wildman–Crippen MR) is 89.0 cm³/mol.